The first-order valence-corrected chi connectivity index (χ1v) is 11.1. The number of fused-ring (bicyclic) bond motifs is 1. The van der Waals surface area contributed by atoms with Crippen molar-refractivity contribution in [1.29, 1.82) is 0 Å². The Morgan fingerprint density at radius 1 is 1.24 bits per heavy atom. The third-order valence-electron chi connectivity index (χ3n) is 5.20. The molecule has 8 heteroatoms. The van der Waals surface area contributed by atoms with Gasteiger partial charge in [-0.15, -0.1) is 11.8 Å². The minimum atomic E-state index is -0.422. The van der Waals surface area contributed by atoms with Crippen LogP contribution in [0.5, 0.6) is 0 Å². The van der Waals surface area contributed by atoms with Crippen LogP contribution in [0.4, 0.5) is 0 Å². The molecule has 1 aliphatic rings. The molecule has 1 amide bonds. The van der Waals surface area contributed by atoms with Crippen LogP contribution in [0.3, 0.4) is 0 Å². The van der Waals surface area contributed by atoms with E-state index >= 15 is 0 Å². The van der Waals surface area contributed by atoms with E-state index < -0.39 is 5.97 Å². The molecule has 0 atom stereocenters. The number of pyridine rings is 1. The third-order valence-corrected chi connectivity index (χ3v) is 6.09. The molecule has 0 bridgehead atoms. The Morgan fingerprint density at radius 3 is 2.76 bits per heavy atom. The largest absolute Gasteiger partial charge is 0.459 e. The van der Waals surface area contributed by atoms with Crippen molar-refractivity contribution in [1.82, 2.24) is 14.3 Å². The summed E-state index contributed by atoms with van der Waals surface area (Å²) in [5, 5.41) is 0. The number of ether oxygens (including phenoxy) is 1. The lowest BCUT2D eigenvalue weighted by Gasteiger charge is -2.31. The van der Waals surface area contributed by atoms with Crippen molar-refractivity contribution < 1.29 is 14.3 Å². The summed E-state index contributed by atoms with van der Waals surface area (Å²) in [6, 6.07) is 5.32. The molecule has 0 N–H and O–H groups in total. The smallest absolute Gasteiger partial charge is 0.316 e. The molecule has 0 spiro atoms. The van der Waals surface area contributed by atoms with Crippen LogP contribution < -0.4 is 5.56 Å². The molecule has 2 aromatic rings. The lowest BCUT2D eigenvalue weighted by molar-refractivity contribution is -0.141. The van der Waals surface area contributed by atoms with E-state index in [0.717, 1.165) is 18.4 Å². The average molecular weight is 418 g/mol. The maximum absolute atomic E-state index is 12.3. The topological polar surface area (TPSA) is 81.0 Å². The molecule has 0 aliphatic heterocycles. The summed E-state index contributed by atoms with van der Waals surface area (Å²) in [7, 11) is 1.85. The van der Waals surface area contributed by atoms with Gasteiger partial charge in [0, 0.05) is 25.4 Å². The summed E-state index contributed by atoms with van der Waals surface area (Å²) in [5.41, 5.74) is 1.67. The van der Waals surface area contributed by atoms with E-state index in [9.17, 15) is 14.4 Å². The zero-order valence-electron chi connectivity index (χ0n) is 16.9. The second kappa shape index (κ2) is 9.91. The van der Waals surface area contributed by atoms with Crippen LogP contribution in [0.25, 0.3) is 5.65 Å². The number of rotatable bonds is 7. The third kappa shape index (κ3) is 5.82. The molecule has 29 heavy (non-hydrogen) atoms. The number of aryl methyl sites for hydroxylation is 1. The highest BCUT2D eigenvalue weighted by molar-refractivity contribution is 8.00. The fourth-order valence-corrected chi connectivity index (χ4v) is 4.25. The fraction of sp³-hybridized carbons (Fsp3) is 0.524. The van der Waals surface area contributed by atoms with E-state index in [0.29, 0.717) is 17.4 Å². The average Bonchev–Trinajstić information content (AvgIpc) is 2.72. The first-order chi connectivity index (χ1) is 13.9. The van der Waals surface area contributed by atoms with Gasteiger partial charge in [0.05, 0.1) is 17.2 Å². The quantitative estimate of drug-likeness (QED) is 0.644. The molecule has 0 saturated heterocycles. The van der Waals surface area contributed by atoms with Gasteiger partial charge in [-0.1, -0.05) is 25.3 Å². The van der Waals surface area contributed by atoms with Crippen LogP contribution in [-0.2, 0) is 20.9 Å². The Bertz CT molecular complexity index is 937. The Morgan fingerprint density at radius 2 is 2.00 bits per heavy atom. The Labute approximate surface area is 174 Å². The summed E-state index contributed by atoms with van der Waals surface area (Å²) < 4.78 is 6.68. The van der Waals surface area contributed by atoms with Gasteiger partial charge in [0.15, 0.2) is 0 Å². The molecule has 0 radical (unpaired) electrons. The van der Waals surface area contributed by atoms with Crippen LogP contribution in [0, 0.1) is 6.92 Å². The Hall–Kier alpha value is -2.35. The summed E-state index contributed by atoms with van der Waals surface area (Å²) in [4.78, 5) is 42.6. The van der Waals surface area contributed by atoms with E-state index in [2.05, 4.69) is 4.98 Å². The zero-order valence-corrected chi connectivity index (χ0v) is 17.7. The second-order valence-corrected chi connectivity index (χ2v) is 8.46. The van der Waals surface area contributed by atoms with Gasteiger partial charge >= 0.3 is 5.97 Å². The van der Waals surface area contributed by atoms with Crippen LogP contribution in [-0.4, -0.2) is 50.8 Å². The van der Waals surface area contributed by atoms with Crippen molar-refractivity contribution in [3.05, 3.63) is 46.0 Å². The number of amides is 1. The van der Waals surface area contributed by atoms with Crippen LogP contribution in [0.15, 0.2) is 29.2 Å². The number of hydrogen-bond acceptors (Lipinski definition) is 6. The van der Waals surface area contributed by atoms with E-state index in [-0.39, 0.29) is 29.6 Å². The Balaban J connectivity index is 1.44. The molecular formula is C21H27N3O4S. The van der Waals surface area contributed by atoms with Gasteiger partial charge in [0.2, 0.25) is 5.91 Å². The highest BCUT2D eigenvalue weighted by atomic mass is 32.2. The molecule has 3 rings (SSSR count). The van der Waals surface area contributed by atoms with E-state index in [1.165, 1.54) is 41.5 Å². The van der Waals surface area contributed by atoms with E-state index in [1.807, 2.05) is 24.9 Å². The van der Waals surface area contributed by atoms with Crippen molar-refractivity contribution in [2.75, 3.05) is 18.6 Å². The summed E-state index contributed by atoms with van der Waals surface area (Å²) in [6.07, 6.45) is 7.44. The summed E-state index contributed by atoms with van der Waals surface area (Å²) in [6.45, 7) is 1.84. The zero-order chi connectivity index (χ0) is 20.8. The van der Waals surface area contributed by atoms with Crippen molar-refractivity contribution in [2.45, 2.75) is 51.7 Å². The fourth-order valence-electron chi connectivity index (χ4n) is 3.52. The maximum atomic E-state index is 12.3. The van der Waals surface area contributed by atoms with Gasteiger partial charge in [-0.3, -0.25) is 18.8 Å². The molecule has 1 aliphatic carbocycles. The van der Waals surface area contributed by atoms with Gasteiger partial charge in [-0.25, -0.2) is 4.98 Å². The molecule has 0 unspecified atom stereocenters. The molecule has 156 valence electrons. The van der Waals surface area contributed by atoms with Crippen molar-refractivity contribution in [2.24, 2.45) is 0 Å². The van der Waals surface area contributed by atoms with Crippen molar-refractivity contribution >= 4 is 29.3 Å². The number of nitrogens with zero attached hydrogens (tertiary/aromatic N) is 3. The van der Waals surface area contributed by atoms with Gasteiger partial charge < -0.3 is 9.64 Å². The SMILES string of the molecule is Cc1ccc2nc(COC(=O)CSCC(=O)N(C)C3CCCCC3)cc(=O)n2c1. The highest BCUT2D eigenvalue weighted by Crippen LogP contribution is 2.22. The van der Waals surface area contributed by atoms with Crippen molar-refractivity contribution in [3.63, 3.8) is 0 Å². The van der Waals surface area contributed by atoms with Gasteiger partial charge in [0.25, 0.3) is 5.56 Å². The summed E-state index contributed by atoms with van der Waals surface area (Å²) in [5.74, 6) is -0.0178. The minimum Gasteiger partial charge on any atom is -0.459 e. The van der Waals surface area contributed by atoms with Gasteiger partial charge in [-0.05, 0) is 31.4 Å². The monoisotopic (exact) mass is 417 g/mol. The lowest BCUT2D eigenvalue weighted by atomic mass is 9.94. The number of carbonyl (C=O) groups is 2. The first-order valence-electron chi connectivity index (χ1n) is 9.92. The van der Waals surface area contributed by atoms with Crippen LogP contribution >= 0.6 is 11.8 Å². The van der Waals surface area contributed by atoms with Crippen LogP contribution in [0.2, 0.25) is 0 Å². The maximum Gasteiger partial charge on any atom is 0.316 e. The van der Waals surface area contributed by atoms with Crippen LogP contribution in [0.1, 0.15) is 43.4 Å². The lowest BCUT2D eigenvalue weighted by Crippen LogP contribution is -2.39. The predicted octanol–water partition coefficient (Wildman–Crippen LogP) is 2.57. The number of carbonyl (C=O) groups excluding carboxylic acids is 2. The van der Waals surface area contributed by atoms with E-state index in [4.69, 9.17) is 4.74 Å². The molecule has 7 nitrogen and oxygen atoms in total. The summed E-state index contributed by atoms with van der Waals surface area (Å²) >= 11 is 1.25. The number of thioether (sulfide) groups is 1. The standard InChI is InChI=1S/C21H27N3O4S/c1-15-8-9-18-22-16(10-19(25)24(18)11-15)12-28-21(27)14-29-13-20(26)23(2)17-6-4-3-5-7-17/h8-11,17H,3-7,12-14H2,1-2H3. The van der Waals surface area contributed by atoms with Gasteiger partial charge in [0.1, 0.15) is 12.3 Å². The molecular weight excluding hydrogens is 390 g/mol. The Kier molecular flexibility index (Phi) is 7.30. The van der Waals surface area contributed by atoms with E-state index in [1.54, 1.807) is 12.3 Å². The number of aromatic nitrogens is 2. The number of hydrogen-bond donors (Lipinski definition) is 0. The van der Waals surface area contributed by atoms with Crippen molar-refractivity contribution in [3.8, 4) is 0 Å². The first kappa shape index (κ1) is 21.4. The number of esters is 1. The molecule has 2 aromatic heterocycles. The molecule has 1 fully saturated rings. The molecule has 0 aromatic carbocycles. The van der Waals surface area contributed by atoms with Gasteiger partial charge in [-0.2, -0.15) is 0 Å². The minimum absolute atomic E-state index is 0.0502. The molecule has 1 saturated carbocycles. The molecule has 2 heterocycles. The normalized spacial score (nSPS) is 14.7. The predicted molar refractivity (Wildman–Crippen MR) is 113 cm³/mol. The second-order valence-electron chi connectivity index (χ2n) is 7.47. The highest BCUT2D eigenvalue weighted by Gasteiger charge is 2.22.